The zero-order valence-electron chi connectivity index (χ0n) is 33.8. The Bertz CT molecular complexity index is 2600. The summed E-state index contributed by atoms with van der Waals surface area (Å²) in [4.78, 5) is 5.09. The van der Waals surface area contributed by atoms with Crippen LogP contribution in [0.4, 0.5) is 28.4 Å². The van der Waals surface area contributed by atoms with Crippen molar-refractivity contribution in [3.05, 3.63) is 137 Å². The lowest BCUT2D eigenvalue weighted by molar-refractivity contribution is 0.461. The number of ether oxygens (including phenoxy) is 2. The summed E-state index contributed by atoms with van der Waals surface area (Å²) < 4.78 is 14.1. The van der Waals surface area contributed by atoms with Crippen LogP contribution < -0.4 is 30.1 Å². The molecule has 0 N–H and O–H groups in total. The molecule has 10 rings (SSSR count). The van der Waals surface area contributed by atoms with Gasteiger partial charge in [0.25, 0.3) is 0 Å². The molecule has 0 aromatic heterocycles. The lowest BCUT2D eigenvalue weighted by Crippen LogP contribution is -2.62. The highest BCUT2D eigenvalue weighted by atomic mass is 16.5. The predicted octanol–water partition coefficient (Wildman–Crippen LogP) is 12.4. The molecule has 5 heteroatoms. The molecule has 6 aromatic rings. The second kappa shape index (κ2) is 11.3. The van der Waals surface area contributed by atoms with Gasteiger partial charge in [-0.05, 0) is 116 Å². The lowest BCUT2D eigenvalue weighted by Gasteiger charge is -2.48. The van der Waals surface area contributed by atoms with Crippen LogP contribution in [0.2, 0.25) is 0 Å². The average Bonchev–Trinajstić information content (AvgIpc) is 3.13. The highest BCUT2D eigenvalue weighted by Gasteiger charge is 2.50. The monoisotopic (exact) mass is 720 g/mol. The number of para-hydroxylation sites is 1. The smallest absolute Gasteiger partial charge is 0.333 e. The van der Waals surface area contributed by atoms with Crippen LogP contribution in [-0.2, 0) is 22.7 Å². The first-order chi connectivity index (χ1) is 26.1. The van der Waals surface area contributed by atoms with E-state index >= 15 is 0 Å². The van der Waals surface area contributed by atoms with Crippen LogP contribution in [-0.4, -0.2) is 6.85 Å². The minimum Gasteiger partial charge on any atom is -0.455 e. The average molecular weight is 721 g/mol. The Morgan fingerprint density at radius 1 is 0.545 bits per heavy atom. The molecule has 0 saturated heterocycles. The van der Waals surface area contributed by atoms with Gasteiger partial charge in [-0.3, -0.25) is 0 Å². The Labute approximate surface area is 326 Å². The predicted molar refractivity (Wildman–Crippen MR) is 230 cm³/mol. The van der Waals surface area contributed by atoms with Gasteiger partial charge in [-0.15, -0.1) is 0 Å². The van der Waals surface area contributed by atoms with E-state index < -0.39 is 0 Å². The van der Waals surface area contributed by atoms with E-state index in [0.717, 1.165) is 52.2 Å². The molecule has 4 aliphatic heterocycles. The number of hydrogen-bond donors (Lipinski definition) is 0. The number of rotatable bonds is 1. The van der Waals surface area contributed by atoms with Crippen molar-refractivity contribution in [3.63, 3.8) is 0 Å². The lowest BCUT2D eigenvalue weighted by atomic mass is 9.43. The van der Waals surface area contributed by atoms with Crippen molar-refractivity contribution in [1.29, 1.82) is 0 Å². The van der Waals surface area contributed by atoms with Crippen molar-refractivity contribution >= 4 is 46.2 Å². The molecule has 0 spiro atoms. The Morgan fingerprint density at radius 3 is 1.96 bits per heavy atom. The van der Waals surface area contributed by atoms with E-state index in [-0.39, 0.29) is 23.1 Å². The normalized spacial score (nSPS) is 14.8. The molecule has 4 heterocycles. The number of hydrogen-bond acceptors (Lipinski definition) is 4. The standard InChI is InChI=1S/C50H49BN2O2/c1-29-23-36-37-26-34(50(8,9)10)28-43-45(37)53(39-22-18-33(49(5,6)7)27-42(39)54-43)51-38-21-15-31-25-30-13-11-12-14-41(30)55-47(31)46(38)52(40(24-29)44(36)51)35-19-16-32(17-20-35)48(2,3)4/h11-24,26-28H,25H2,1-10H3. The summed E-state index contributed by atoms with van der Waals surface area (Å²) in [6.45, 7) is 22.7. The van der Waals surface area contributed by atoms with E-state index in [1.807, 2.05) is 0 Å². The van der Waals surface area contributed by atoms with E-state index in [4.69, 9.17) is 9.47 Å². The number of aryl methyl sites for hydroxylation is 1. The molecule has 274 valence electrons. The molecule has 0 radical (unpaired) electrons. The van der Waals surface area contributed by atoms with Crippen LogP contribution in [0.5, 0.6) is 23.0 Å². The van der Waals surface area contributed by atoms with Crippen LogP contribution >= 0.6 is 0 Å². The van der Waals surface area contributed by atoms with Crippen molar-refractivity contribution < 1.29 is 9.47 Å². The topological polar surface area (TPSA) is 24.9 Å². The number of fused-ring (bicyclic) bond motifs is 9. The molecule has 0 saturated carbocycles. The third-order valence-electron chi connectivity index (χ3n) is 12.2. The van der Waals surface area contributed by atoms with Gasteiger partial charge in [0.05, 0.1) is 17.1 Å². The van der Waals surface area contributed by atoms with Crippen LogP contribution in [0.15, 0.2) is 103 Å². The van der Waals surface area contributed by atoms with Crippen molar-refractivity contribution in [3.8, 4) is 34.1 Å². The summed E-state index contributed by atoms with van der Waals surface area (Å²) in [5.74, 6) is 3.69. The largest absolute Gasteiger partial charge is 0.455 e. The minimum absolute atomic E-state index is 0.0244. The maximum Gasteiger partial charge on any atom is 0.333 e. The Kier molecular flexibility index (Phi) is 7.02. The minimum atomic E-state index is -0.119. The van der Waals surface area contributed by atoms with Crippen molar-refractivity contribution in [2.45, 2.75) is 91.9 Å². The van der Waals surface area contributed by atoms with Gasteiger partial charge in [0.15, 0.2) is 11.5 Å². The van der Waals surface area contributed by atoms with E-state index in [9.17, 15) is 0 Å². The number of benzene rings is 6. The maximum absolute atomic E-state index is 7.06. The van der Waals surface area contributed by atoms with E-state index in [1.165, 1.54) is 61.1 Å². The van der Waals surface area contributed by atoms with Crippen LogP contribution in [0.1, 0.15) is 95.7 Å². The third-order valence-corrected chi connectivity index (χ3v) is 12.2. The first-order valence-corrected chi connectivity index (χ1v) is 19.8. The first-order valence-electron chi connectivity index (χ1n) is 19.8. The molecule has 0 amide bonds. The molecule has 0 bridgehead atoms. The summed E-state index contributed by atoms with van der Waals surface area (Å²) >= 11 is 0. The van der Waals surface area contributed by atoms with Crippen LogP contribution in [0.25, 0.3) is 11.1 Å². The van der Waals surface area contributed by atoms with Crippen molar-refractivity contribution in [2.75, 3.05) is 9.71 Å². The Morgan fingerprint density at radius 2 is 1.24 bits per heavy atom. The molecule has 0 fully saturated rings. The van der Waals surface area contributed by atoms with Gasteiger partial charge >= 0.3 is 6.85 Å². The van der Waals surface area contributed by atoms with Crippen molar-refractivity contribution in [1.82, 2.24) is 0 Å². The zero-order valence-corrected chi connectivity index (χ0v) is 33.8. The van der Waals surface area contributed by atoms with Gasteiger partial charge in [0.2, 0.25) is 0 Å². The fourth-order valence-electron chi connectivity index (χ4n) is 9.13. The molecule has 0 aliphatic carbocycles. The summed E-state index contributed by atoms with van der Waals surface area (Å²) in [5, 5.41) is 0. The highest BCUT2D eigenvalue weighted by molar-refractivity contribution is 6.94. The molecule has 4 aliphatic rings. The summed E-state index contributed by atoms with van der Waals surface area (Å²) in [5.41, 5.74) is 18.1. The van der Waals surface area contributed by atoms with E-state index in [2.05, 4.69) is 182 Å². The second-order valence-electron chi connectivity index (χ2n) is 19.2. The molecule has 0 unspecified atom stereocenters. The van der Waals surface area contributed by atoms with Gasteiger partial charge in [0.1, 0.15) is 11.5 Å². The summed E-state index contributed by atoms with van der Waals surface area (Å²) in [6.07, 6.45) is 0.824. The molecular formula is C50H49BN2O2. The SMILES string of the molecule is Cc1cc2c3c(c1)N(c1ccc(C(C)(C)C)cc1)c1c(ccc4c1Oc1ccccc1C4)B3N1c3ccc(C(C)(C)C)cc3Oc3cc(C(C)(C)C)cc-2c31. The van der Waals surface area contributed by atoms with Gasteiger partial charge in [-0.2, -0.15) is 0 Å². The van der Waals surface area contributed by atoms with E-state index in [1.54, 1.807) is 0 Å². The van der Waals surface area contributed by atoms with E-state index in [0.29, 0.717) is 0 Å². The maximum atomic E-state index is 7.06. The second-order valence-corrected chi connectivity index (χ2v) is 19.2. The first kappa shape index (κ1) is 34.1. The van der Waals surface area contributed by atoms with Gasteiger partial charge in [0, 0.05) is 28.9 Å². The Balaban J connectivity index is 1.31. The molecule has 0 atom stereocenters. The fraction of sp³-hybridized carbons (Fsp3) is 0.280. The molecule has 55 heavy (non-hydrogen) atoms. The third kappa shape index (κ3) is 5.11. The highest BCUT2D eigenvalue weighted by Crippen LogP contribution is 2.58. The summed E-state index contributed by atoms with van der Waals surface area (Å²) in [6, 6.07) is 38.8. The van der Waals surface area contributed by atoms with Gasteiger partial charge in [-0.25, -0.2) is 0 Å². The van der Waals surface area contributed by atoms with Gasteiger partial charge < -0.3 is 19.2 Å². The zero-order chi connectivity index (χ0) is 38.3. The number of anilines is 5. The van der Waals surface area contributed by atoms with Crippen LogP contribution in [0, 0.1) is 6.92 Å². The molecular weight excluding hydrogens is 671 g/mol. The molecule has 6 aromatic carbocycles. The Hall–Kier alpha value is -5.42. The van der Waals surface area contributed by atoms with Crippen LogP contribution in [0.3, 0.4) is 0 Å². The van der Waals surface area contributed by atoms with Gasteiger partial charge in [-0.1, -0.05) is 117 Å². The fourth-order valence-corrected chi connectivity index (χ4v) is 9.13. The number of nitrogens with zero attached hydrogens (tertiary/aromatic N) is 2. The molecule has 4 nitrogen and oxygen atoms in total. The summed E-state index contributed by atoms with van der Waals surface area (Å²) in [7, 11) is 0. The quantitative estimate of drug-likeness (QED) is 0.158. The van der Waals surface area contributed by atoms with Crippen molar-refractivity contribution in [2.24, 2.45) is 0 Å².